The molecule has 19 heavy (non-hydrogen) atoms. The molecule has 0 aliphatic rings. The van der Waals surface area contributed by atoms with Crippen LogP contribution < -0.4 is 0 Å². The van der Waals surface area contributed by atoms with Gasteiger partial charge in [0.15, 0.2) is 0 Å². The number of carbonyl (C=O) groups is 1. The Morgan fingerprint density at radius 2 is 1.42 bits per heavy atom. The third-order valence-electron chi connectivity index (χ3n) is 3.07. The molecule has 98 valence electrons. The molecule has 0 saturated carbocycles. The second-order valence-corrected chi connectivity index (χ2v) is 4.27. The van der Waals surface area contributed by atoms with Crippen LogP contribution >= 0.6 is 0 Å². The van der Waals surface area contributed by atoms with Gasteiger partial charge in [0.2, 0.25) is 0 Å². The summed E-state index contributed by atoms with van der Waals surface area (Å²) in [5.41, 5.74) is 1.44. The van der Waals surface area contributed by atoms with Crippen LogP contribution in [0.15, 0.2) is 60.7 Å². The maximum Gasteiger partial charge on any atom is 0.316 e. The Balaban J connectivity index is 2.36. The topological polar surface area (TPSA) is 46.5 Å². The second kappa shape index (κ2) is 6.16. The van der Waals surface area contributed by atoms with Crippen LogP contribution in [0.3, 0.4) is 0 Å². The SMILES string of the molecule is COC(=O)C(c1ccccc1)C(O)c1ccccc1. The summed E-state index contributed by atoms with van der Waals surface area (Å²) in [6.45, 7) is 0. The van der Waals surface area contributed by atoms with E-state index in [9.17, 15) is 9.90 Å². The van der Waals surface area contributed by atoms with Crippen molar-refractivity contribution in [1.29, 1.82) is 0 Å². The van der Waals surface area contributed by atoms with E-state index in [1.54, 1.807) is 12.1 Å². The van der Waals surface area contributed by atoms with E-state index in [4.69, 9.17) is 4.74 Å². The molecule has 2 aromatic carbocycles. The molecule has 2 unspecified atom stereocenters. The fraction of sp³-hybridized carbons (Fsp3) is 0.188. The zero-order valence-electron chi connectivity index (χ0n) is 10.7. The van der Waals surface area contributed by atoms with Crippen molar-refractivity contribution in [3.63, 3.8) is 0 Å². The van der Waals surface area contributed by atoms with Gasteiger partial charge in [-0.2, -0.15) is 0 Å². The van der Waals surface area contributed by atoms with Crippen LogP contribution in [0.1, 0.15) is 23.1 Å². The van der Waals surface area contributed by atoms with E-state index in [2.05, 4.69) is 0 Å². The number of esters is 1. The van der Waals surface area contributed by atoms with Gasteiger partial charge in [0.25, 0.3) is 0 Å². The zero-order valence-corrected chi connectivity index (χ0v) is 10.7. The first-order chi connectivity index (χ1) is 9.24. The lowest BCUT2D eigenvalue weighted by atomic mass is 9.89. The molecule has 1 N–H and O–H groups in total. The summed E-state index contributed by atoms with van der Waals surface area (Å²) >= 11 is 0. The predicted octanol–water partition coefficient (Wildman–Crippen LogP) is 2.68. The first-order valence-electron chi connectivity index (χ1n) is 6.10. The molecule has 2 aromatic rings. The molecule has 0 amide bonds. The average Bonchev–Trinajstić information content (AvgIpc) is 2.49. The number of hydrogen-bond donors (Lipinski definition) is 1. The van der Waals surface area contributed by atoms with Crippen molar-refractivity contribution in [2.75, 3.05) is 7.11 Å². The summed E-state index contributed by atoms with van der Waals surface area (Å²) in [6.07, 6.45) is -0.920. The van der Waals surface area contributed by atoms with Crippen LogP contribution in [0, 0.1) is 0 Å². The molecule has 0 saturated heterocycles. The van der Waals surface area contributed by atoms with Crippen LogP contribution in [-0.4, -0.2) is 18.2 Å². The van der Waals surface area contributed by atoms with E-state index < -0.39 is 18.0 Å². The first-order valence-corrected chi connectivity index (χ1v) is 6.10. The van der Waals surface area contributed by atoms with Gasteiger partial charge in [-0.15, -0.1) is 0 Å². The van der Waals surface area contributed by atoms with E-state index in [1.165, 1.54) is 7.11 Å². The van der Waals surface area contributed by atoms with Crippen molar-refractivity contribution >= 4 is 5.97 Å². The van der Waals surface area contributed by atoms with Crippen LogP contribution in [0.5, 0.6) is 0 Å². The number of aliphatic hydroxyl groups is 1. The Morgan fingerprint density at radius 3 is 1.89 bits per heavy atom. The van der Waals surface area contributed by atoms with Gasteiger partial charge in [0.05, 0.1) is 13.2 Å². The Hall–Kier alpha value is -2.13. The van der Waals surface area contributed by atoms with Crippen molar-refractivity contribution < 1.29 is 14.6 Å². The van der Waals surface area contributed by atoms with Gasteiger partial charge in [-0.05, 0) is 11.1 Å². The summed E-state index contributed by atoms with van der Waals surface area (Å²) < 4.78 is 4.81. The molecule has 0 aliphatic carbocycles. The maximum atomic E-state index is 11.9. The third-order valence-corrected chi connectivity index (χ3v) is 3.07. The summed E-state index contributed by atoms with van der Waals surface area (Å²) in [7, 11) is 1.33. The van der Waals surface area contributed by atoms with Crippen molar-refractivity contribution in [2.24, 2.45) is 0 Å². The Morgan fingerprint density at radius 1 is 0.947 bits per heavy atom. The molecule has 2 rings (SSSR count). The Kier molecular flexibility index (Phi) is 4.31. The highest BCUT2D eigenvalue weighted by Gasteiger charge is 2.30. The van der Waals surface area contributed by atoms with Crippen molar-refractivity contribution in [1.82, 2.24) is 0 Å². The van der Waals surface area contributed by atoms with Crippen molar-refractivity contribution in [2.45, 2.75) is 12.0 Å². The van der Waals surface area contributed by atoms with E-state index in [0.717, 1.165) is 5.56 Å². The lowest BCUT2D eigenvalue weighted by molar-refractivity contribution is -0.145. The fourth-order valence-corrected chi connectivity index (χ4v) is 2.08. The van der Waals surface area contributed by atoms with Gasteiger partial charge in [-0.25, -0.2) is 0 Å². The molecule has 3 nitrogen and oxygen atoms in total. The quantitative estimate of drug-likeness (QED) is 0.855. The highest BCUT2D eigenvalue weighted by molar-refractivity contribution is 5.79. The summed E-state index contributed by atoms with van der Waals surface area (Å²) in [5.74, 6) is -1.16. The minimum Gasteiger partial charge on any atom is -0.468 e. The molecular weight excluding hydrogens is 240 g/mol. The normalized spacial score (nSPS) is 13.6. The number of benzene rings is 2. The number of carbonyl (C=O) groups excluding carboxylic acids is 1. The molecule has 0 aromatic heterocycles. The highest BCUT2D eigenvalue weighted by atomic mass is 16.5. The van der Waals surface area contributed by atoms with Crippen LogP contribution in [0.4, 0.5) is 0 Å². The highest BCUT2D eigenvalue weighted by Crippen LogP contribution is 2.31. The van der Waals surface area contributed by atoms with Gasteiger partial charge in [-0.3, -0.25) is 4.79 Å². The summed E-state index contributed by atoms with van der Waals surface area (Å²) in [6, 6.07) is 18.3. The van der Waals surface area contributed by atoms with Gasteiger partial charge in [0.1, 0.15) is 5.92 Å². The number of ether oxygens (including phenoxy) is 1. The lowest BCUT2D eigenvalue weighted by Crippen LogP contribution is -2.21. The summed E-state index contributed by atoms with van der Waals surface area (Å²) in [5, 5.41) is 10.4. The standard InChI is InChI=1S/C16H16O3/c1-19-16(18)14(12-8-4-2-5-9-12)15(17)13-10-6-3-7-11-13/h2-11,14-15,17H,1H3. The van der Waals surface area contributed by atoms with E-state index >= 15 is 0 Å². The molecule has 0 heterocycles. The molecular formula is C16H16O3. The van der Waals surface area contributed by atoms with Crippen LogP contribution in [0.25, 0.3) is 0 Å². The Labute approximate surface area is 112 Å². The van der Waals surface area contributed by atoms with Gasteiger partial charge in [-0.1, -0.05) is 60.7 Å². The van der Waals surface area contributed by atoms with Gasteiger partial charge in [0, 0.05) is 0 Å². The molecule has 0 spiro atoms. The molecule has 0 aliphatic heterocycles. The van der Waals surface area contributed by atoms with Gasteiger partial charge >= 0.3 is 5.97 Å². The number of hydrogen-bond acceptors (Lipinski definition) is 3. The van der Waals surface area contributed by atoms with Crippen LogP contribution in [0.2, 0.25) is 0 Å². The minimum atomic E-state index is -0.920. The second-order valence-electron chi connectivity index (χ2n) is 4.27. The lowest BCUT2D eigenvalue weighted by Gasteiger charge is -2.21. The third kappa shape index (κ3) is 3.01. The average molecular weight is 256 g/mol. The number of methoxy groups -OCH3 is 1. The maximum absolute atomic E-state index is 11.9. The molecule has 0 radical (unpaired) electrons. The van der Waals surface area contributed by atoms with E-state index in [-0.39, 0.29) is 0 Å². The number of rotatable bonds is 4. The molecule has 2 atom stereocenters. The molecule has 0 bridgehead atoms. The minimum absolute atomic E-state index is 0.442. The largest absolute Gasteiger partial charge is 0.468 e. The van der Waals surface area contributed by atoms with Crippen LogP contribution in [-0.2, 0) is 9.53 Å². The van der Waals surface area contributed by atoms with E-state index in [0.29, 0.717) is 5.56 Å². The monoisotopic (exact) mass is 256 g/mol. The fourth-order valence-electron chi connectivity index (χ4n) is 2.08. The first kappa shape index (κ1) is 13.3. The molecule has 3 heteroatoms. The van der Waals surface area contributed by atoms with Crippen molar-refractivity contribution in [3.05, 3.63) is 71.8 Å². The molecule has 0 fully saturated rings. The predicted molar refractivity (Wildman–Crippen MR) is 72.6 cm³/mol. The Bertz CT molecular complexity index is 522. The number of aliphatic hydroxyl groups excluding tert-OH is 1. The zero-order chi connectivity index (χ0) is 13.7. The van der Waals surface area contributed by atoms with Crippen molar-refractivity contribution in [3.8, 4) is 0 Å². The van der Waals surface area contributed by atoms with Gasteiger partial charge < -0.3 is 9.84 Å². The smallest absolute Gasteiger partial charge is 0.316 e. The summed E-state index contributed by atoms with van der Waals surface area (Å²) in [4.78, 5) is 11.9. The van der Waals surface area contributed by atoms with E-state index in [1.807, 2.05) is 48.5 Å².